The molecule has 0 spiro atoms. The highest BCUT2D eigenvalue weighted by Crippen LogP contribution is 2.36. The number of halogens is 3. The van der Waals surface area contributed by atoms with Crippen LogP contribution >= 0.6 is 11.3 Å². The minimum absolute atomic E-state index is 0.104. The third-order valence-corrected chi connectivity index (χ3v) is 5.16. The second-order valence-electron chi connectivity index (χ2n) is 6.41. The lowest BCUT2D eigenvalue weighted by Crippen LogP contribution is -2.17. The van der Waals surface area contributed by atoms with Crippen LogP contribution in [-0.4, -0.2) is 25.8 Å². The smallest absolute Gasteiger partial charge is 0.434 e. The number of carboxylic acid groups (broad SMARTS) is 1. The van der Waals surface area contributed by atoms with Crippen molar-refractivity contribution in [1.82, 2.24) is 14.8 Å². The molecule has 2 aromatic carbocycles. The molecule has 158 valence electrons. The Morgan fingerprint density at radius 3 is 2.52 bits per heavy atom. The number of nitrogens with zero attached hydrogens (tertiary/aromatic N) is 3. The molecule has 10 heteroatoms. The predicted molar refractivity (Wildman–Crippen MR) is 107 cm³/mol. The number of rotatable bonds is 6. The van der Waals surface area contributed by atoms with Crippen molar-refractivity contribution < 1.29 is 27.8 Å². The Morgan fingerprint density at radius 2 is 1.81 bits per heavy atom. The number of para-hydroxylation sites is 1. The van der Waals surface area contributed by atoms with Crippen LogP contribution in [0.25, 0.3) is 16.4 Å². The Kier molecular flexibility index (Phi) is 5.47. The van der Waals surface area contributed by atoms with Gasteiger partial charge in [-0.05, 0) is 17.7 Å². The fourth-order valence-corrected chi connectivity index (χ4v) is 3.73. The third-order valence-electron chi connectivity index (χ3n) is 4.34. The summed E-state index contributed by atoms with van der Waals surface area (Å²) in [5, 5.41) is 14.2. The van der Waals surface area contributed by atoms with Gasteiger partial charge < -0.3 is 9.84 Å². The molecule has 0 unspecified atom stereocenters. The standard InChI is InChI=1S/C21H14F3N3O3S/c22-21(23,24)18-15(19(28)29)10-25-27(18)20-26-16(12-31-20)14-8-4-5-9-17(14)30-11-13-6-2-1-3-7-13/h1-10,12H,11H2,(H,28,29). The van der Waals surface area contributed by atoms with E-state index in [-0.39, 0.29) is 5.13 Å². The average Bonchev–Trinajstić information content (AvgIpc) is 3.40. The van der Waals surface area contributed by atoms with Crippen molar-refractivity contribution >= 4 is 17.3 Å². The van der Waals surface area contributed by atoms with Crippen LogP contribution in [0.15, 0.2) is 66.2 Å². The van der Waals surface area contributed by atoms with E-state index < -0.39 is 23.4 Å². The Bertz CT molecular complexity index is 1220. The zero-order valence-electron chi connectivity index (χ0n) is 15.7. The summed E-state index contributed by atoms with van der Waals surface area (Å²) in [7, 11) is 0. The number of carbonyl (C=O) groups is 1. The van der Waals surface area contributed by atoms with Crippen LogP contribution in [0, 0.1) is 0 Å². The van der Waals surface area contributed by atoms with Gasteiger partial charge in [0.1, 0.15) is 17.9 Å². The number of aromatic carboxylic acids is 1. The number of thiazole rings is 1. The molecule has 4 rings (SSSR count). The van der Waals surface area contributed by atoms with Crippen LogP contribution in [-0.2, 0) is 12.8 Å². The van der Waals surface area contributed by atoms with Gasteiger partial charge in [-0.2, -0.15) is 18.3 Å². The molecule has 0 bridgehead atoms. The second kappa shape index (κ2) is 8.23. The SMILES string of the molecule is O=C(O)c1cnn(-c2nc(-c3ccccc3OCc3ccccc3)cs2)c1C(F)(F)F. The minimum Gasteiger partial charge on any atom is -0.488 e. The van der Waals surface area contributed by atoms with E-state index in [2.05, 4.69) is 10.1 Å². The minimum atomic E-state index is -4.91. The van der Waals surface area contributed by atoms with Crippen LogP contribution in [0.1, 0.15) is 21.6 Å². The number of ether oxygens (including phenoxy) is 1. The zero-order valence-corrected chi connectivity index (χ0v) is 16.5. The molecule has 0 saturated heterocycles. The first-order valence-corrected chi connectivity index (χ1v) is 9.83. The van der Waals surface area contributed by atoms with Crippen molar-refractivity contribution in [3.8, 4) is 22.1 Å². The van der Waals surface area contributed by atoms with E-state index in [1.54, 1.807) is 29.6 Å². The van der Waals surface area contributed by atoms with Crippen molar-refractivity contribution in [2.24, 2.45) is 0 Å². The summed E-state index contributed by atoms with van der Waals surface area (Å²) in [6.45, 7) is 0.314. The van der Waals surface area contributed by atoms with Crippen molar-refractivity contribution in [1.29, 1.82) is 0 Å². The van der Waals surface area contributed by atoms with Gasteiger partial charge in [0.25, 0.3) is 0 Å². The number of alkyl halides is 3. The van der Waals surface area contributed by atoms with E-state index in [9.17, 15) is 18.0 Å². The summed E-state index contributed by atoms with van der Waals surface area (Å²) in [5.74, 6) is -1.19. The van der Waals surface area contributed by atoms with Crippen molar-refractivity contribution in [3.05, 3.63) is 83.0 Å². The largest absolute Gasteiger partial charge is 0.488 e. The Balaban J connectivity index is 1.67. The first-order chi connectivity index (χ1) is 14.8. The topological polar surface area (TPSA) is 77.2 Å². The first-order valence-electron chi connectivity index (χ1n) is 8.95. The number of hydrogen-bond acceptors (Lipinski definition) is 5. The highest BCUT2D eigenvalue weighted by Gasteiger charge is 2.41. The Morgan fingerprint density at radius 1 is 1.10 bits per heavy atom. The molecule has 0 aliphatic heterocycles. The summed E-state index contributed by atoms with van der Waals surface area (Å²) < 4.78 is 46.8. The van der Waals surface area contributed by atoms with E-state index in [0.29, 0.717) is 34.5 Å². The van der Waals surface area contributed by atoms with Gasteiger partial charge in [0, 0.05) is 10.9 Å². The fraction of sp³-hybridized carbons (Fsp3) is 0.0952. The van der Waals surface area contributed by atoms with Crippen LogP contribution < -0.4 is 4.74 Å². The molecule has 0 aliphatic carbocycles. The molecule has 2 aromatic heterocycles. The molecular formula is C21H14F3N3O3S. The molecule has 0 radical (unpaired) electrons. The molecule has 0 fully saturated rings. The molecule has 6 nitrogen and oxygen atoms in total. The lowest BCUT2D eigenvalue weighted by atomic mass is 10.1. The number of aromatic nitrogens is 3. The molecule has 0 saturated carbocycles. The predicted octanol–water partition coefficient (Wildman–Crippen LogP) is 5.29. The van der Waals surface area contributed by atoms with Gasteiger partial charge in [0.15, 0.2) is 5.69 Å². The van der Waals surface area contributed by atoms with E-state index in [0.717, 1.165) is 16.9 Å². The summed E-state index contributed by atoms with van der Waals surface area (Å²) in [6, 6.07) is 16.6. The van der Waals surface area contributed by atoms with Crippen LogP contribution in [0.4, 0.5) is 13.2 Å². The molecule has 4 aromatic rings. The number of carboxylic acids is 1. The van der Waals surface area contributed by atoms with Crippen molar-refractivity contribution in [2.45, 2.75) is 12.8 Å². The van der Waals surface area contributed by atoms with Gasteiger partial charge >= 0.3 is 12.1 Å². The molecule has 2 heterocycles. The van der Waals surface area contributed by atoms with Gasteiger partial charge in [-0.25, -0.2) is 14.5 Å². The maximum absolute atomic E-state index is 13.5. The molecule has 1 N–H and O–H groups in total. The summed E-state index contributed by atoms with van der Waals surface area (Å²) in [5.41, 5.74) is -0.363. The van der Waals surface area contributed by atoms with E-state index in [1.165, 1.54) is 0 Å². The van der Waals surface area contributed by atoms with Gasteiger partial charge in [0.2, 0.25) is 5.13 Å². The van der Waals surface area contributed by atoms with Crippen LogP contribution in [0.5, 0.6) is 5.75 Å². The lowest BCUT2D eigenvalue weighted by Gasteiger charge is -2.10. The van der Waals surface area contributed by atoms with Gasteiger partial charge in [0.05, 0.1) is 11.9 Å². The first kappa shape index (κ1) is 20.6. The van der Waals surface area contributed by atoms with Crippen molar-refractivity contribution in [2.75, 3.05) is 0 Å². The van der Waals surface area contributed by atoms with Crippen LogP contribution in [0.2, 0.25) is 0 Å². The number of benzene rings is 2. The van der Waals surface area contributed by atoms with Crippen LogP contribution in [0.3, 0.4) is 0 Å². The van der Waals surface area contributed by atoms with E-state index in [4.69, 9.17) is 9.84 Å². The third kappa shape index (κ3) is 4.29. The summed E-state index contributed by atoms with van der Waals surface area (Å²) in [6.07, 6.45) is -4.24. The van der Waals surface area contributed by atoms with E-state index >= 15 is 0 Å². The fourth-order valence-electron chi connectivity index (χ4n) is 2.95. The highest BCUT2D eigenvalue weighted by molar-refractivity contribution is 7.12. The Hall–Kier alpha value is -3.66. The maximum Gasteiger partial charge on any atom is 0.434 e. The summed E-state index contributed by atoms with van der Waals surface area (Å²) >= 11 is 0.917. The molecular weight excluding hydrogens is 431 g/mol. The monoisotopic (exact) mass is 445 g/mol. The second-order valence-corrected chi connectivity index (χ2v) is 7.24. The molecule has 0 atom stereocenters. The highest BCUT2D eigenvalue weighted by atomic mass is 32.1. The molecule has 0 aliphatic rings. The average molecular weight is 445 g/mol. The molecule has 31 heavy (non-hydrogen) atoms. The Labute approximate surface area is 178 Å². The lowest BCUT2D eigenvalue weighted by molar-refractivity contribution is -0.143. The van der Waals surface area contributed by atoms with Crippen molar-refractivity contribution in [3.63, 3.8) is 0 Å². The normalized spacial score (nSPS) is 11.5. The van der Waals surface area contributed by atoms with Gasteiger partial charge in [-0.15, -0.1) is 11.3 Å². The van der Waals surface area contributed by atoms with E-state index in [1.807, 2.05) is 30.3 Å². The molecule has 0 amide bonds. The maximum atomic E-state index is 13.5. The zero-order chi connectivity index (χ0) is 22.0. The number of hydrogen-bond donors (Lipinski definition) is 1. The van der Waals surface area contributed by atoms with Gasteiger partial charge in [-0.1, -0.05) is 42.5 Å². The van der Waals surface area contributed by atoms with Gasteiger partial charge in [-0.3, -0.25) is 0 Å². The summed E-state index contributed by atoms with van der Waals surface area (Å²) in [4.78, 5) is 15.4. The quantitative estimate of drug-likeness (QED) is 0.436.